The lowest BCUT2D eigenvalue weighted by Gasteiger charge is -2.36. The number of nitrogens with two attached hydrogens (primary N) is 1. The number of pyridine rings is 4. The number of benzene rings is 4. The molecule has 127 heavy (non-hydrogen) atoms. The van der Waals surface area contributed by atoms with Crippen molar-refractivity contribution in [1.29, 1.82) is 0 Å². The molecular formula is C89H90F10N16O12. The molecule has 4 aliphatic heterocycles. The summed E-state index contributed by atoms with van der Waals surface area (Å²) in [6.07, 6.45) is -10.6. The highest BCUT2D eigenvalue weighted by Gasteiger charge is 2.45. The molecule has 0 unspecified atom stereocenters. The fourth-order valence-corrected chi connectivity index (χ4v) is 13.3. The lowest BCUT2D eigenvalue weighted by molar-refractivity contribution is -0.153. The third kappa shape index (κ3) is 25.7. The third-order valence-electron chi connectivity index (χ3n) is 19.6. The number of ketones is 3. The third-order valence-corrected chi connectivity index (χ3v) is 19.6. The number of Topliss-reactive ketones (excluding diaryl/α,β-unsaturated/α-hetero) is 3. The van der Waals surface area contributed by atoms with Crippen molar-refractivity contribution in [1.82, 2.24) is 54.9 Å². The largest absolute Gasteiger partial charge is 0.452 e. The van der Waals surface area contributed by atoms with Crippen LogP contribution in [0.4, 0.5) is 87.2 Å². The lowest BCUT2D eigenvalue weighted by atomic mass is 10.1. The van der Waals surface area contributed by atoms with Crippen molar-refractivity contribution in [2.24, 2.45) is 0 Å². The van der Waals surface area contributed by atoms with Crippen LogP contribution in [0.3, 0.4) is 0 Å². The van der Waals surface area contributed by atoms with Crippen LogP contribution in [0.15, 0.2) is 202 Å². The molecule has 11 heterocycles. The number of ether oxygens (including phenoxy) is 3. The molecule has 15 rings (SSSR count). The first kappa shape index (κ1) is 92.4. The lowest BCUT2D eigenvalue weighted by Crippen LogP contribution is -2.50. The second-order valence-corrected chi connectivity index (χ2v) is 31.4. The Labute approximate surface area is 722 Å². The van der Waals surface area contributed by atoms with E-state index >= 15 is 0 Å². The molecule has 0 saturated carbocycles. The maximum absolute atomic E-state index is 13.6. The molecule has 0 bridgehead atoms. The molecule has 4 aromatic carbocycles. The van der Waals surface area contributed by atoms with Gasteiger partial charge in [-0.15, -0.1) is 0 Å². The van der Waals surface area contributed by atoms with Gasteiger partial charge in [0.2, 0.25) is 35.0 Å². The number of nitrogens with zero attached hydrogens (tertiary/aromatic N) is 14. The van der Waals surface area contributed by atoms with Crippen molar-refractivity contribution in [2.75, 3.05) is 130 Å². The van der Waals surface area contributed by atoms with Crippen LogP contribution in [-0.2, 0) is 47.3 Å². The van der Waals surface area contributed by atoms with Gasteiger partial charge in [-0.2, -0.15) is 39.5 Å². The Hall–Kier alpha value is -13.8. The average Bonchev–Trinajstić information content (AvgIpc) is 1.65. The zero-order valence-corrected chi connectivity index (χ0v) is 69.8. The summed E-state index contributed by atoms with van der Waals surface area (Å²) in [6.45, 7) is 20.8. The second-order valence-electron chi connectivity index (χ2n) is 31.4. The maximum Gasteiger partial charge on any atom is 0.452 e. The van der Waals surface area contributed by atoms with Gasteiger partial charge in [0.25, 0.3) is 0 Å². The molecule has 3 N–H and O–H groups in total. The summed E-state index contributed by atoms with van der Waals surface area (Å²) < 4.78 is 166. The fraction of sp³-hybridized carbons (Fsp3) is 0.337. The van der Waals surface area contributed by atoms with E-state index in [0.29, 0.717) is 116 Å². The van der Waals surface area contributed by atoms with Gasteiger partial charge in [-0.3, -0.25) is 14.4 Å². The van der Waals surface area contributed by atoms with Gasteiger partial charge in [-0.05, 0) is 149 Å². The summed E-state index contributed by atoms with van der Waals surface area (Å²) in [7, 11) is 0. The van der Waals surface area contributed by atoms with E-state index in [4.69, 9.17) is 33.2 Å². The Morgan fingerprint density at radius 1 is 0.370 bits per heavy atom. The zero-order chi connectivity index (χ0) is 91.0. The van der Waals surface area contributed by atoms with E-state index in [1.807, 2.05) is 63.5 Å². The van der Waals surface area contributed by atoms with Gasteiger partial charge >= 0.3 is 36.8 Å². The number of aromatic nitrogens is 7. The standard InChI is InChI=1S/C28H22F4N4O4.C26H27F3N4O4.C21H19F3N4O2.C14H22N4O2/c29-20-7-9-21(10-8-20)39-27(38)36-14-12-35(13-15-36)23-11-6-18(17-33-23)16-22(37)24-25(28(30,31)32)40-26(34-24)19-4-2-1-3-5-19;1-25(2,3)37-24(35)33-13-11-32(12-14-33)20-10-9-17(16-30-20)15-19(34)21-22(26(27,28)29)36-23(31-21)18-7-5-4-6-8-18;22-21(23,24)19-18(27-20(30-19)15-4-2-1-3-5-15)16(29)12-14-6-7-17(26-13-14)28-10-8-25-9-11-28;1-14(2,3)20-13(19)18-8-6-17(7-9-18)12-5-4-11(15)10-16-12/h1-11,17H,12-16H2;4-10,16H,11-15H2,1-3H3;1-7,13,25H,8-12H2;4-5,10H,6-9,15H2,1-3H3. The van der Waals surface area contributed by atoms with Crippen molar-refractivity contribution in [2.45, 2.75) is 90.5 Å². The van der Waals surface area contributed by atoms with Crippen LogP contribution in [0.25, 0.3) is 34.4 Å². The van der Waals surface area contributed by atoms with Crippen LogP contribution < -0.4 is 35.4 Å². The number of oxazole rings is 3. The number of piperazine rings is 4. The molecule has 38 heteroatoms. The normalized spacial score (nSPS) is 14.6. The van der Waals surface area contributed by atoms with Crippen LogP contribution in [0.5, 0.6) is 5.75 Å². The molecule has 668 valence electrons. The molecule has 3 amide bonds. The quantitative estimate of drug-likeness (QED) is 0.0632. The smallest absolute Gasteiger partial charge is 0.444 e. The first-order valence-corrected chi connectivity index (χ1v) is 40.3. The molecule has 7 aromatic heterocycles. The average molecular weight is 1770 g/mol. The minimum Gasteiger partial charge on any atom is -0.444 e. The number of carbonyl (C=O) groups excluding carboxylic acids is 6. The van der Waals surface area contributed by atoms with Gasteiger partial charge in [0, 0.05) is 159 Å². The Morgan fingerprint density at radius 2 is 0.661 bits per heavy atom. The van der Waals surface area contributed by atoms with Crippen molar-refractivity contribution in [3.63, 3.8) is 0 Å². The van der Waals surface area contributed by atoms with E-state index in [-0.39, 0.29) is 54.9 Å². The molecule has 4 saturated heterocycles. The molecular weight excluding hydrogens is 1680 g/mol. The van der Waals surface area contributed by atoms with Gasteiger partial charge in [0.15, 0.2) is 34.4 Å². The molecule has 0 aliphatic carbocycles. The fourth-order valence-electron chi connectivity index (χ4n) is 13.3. The number of anilines is 5. The Bertz CT molecular complexity index is 5510. The summed E-state index contributed by atoms with van der Waals surface area (Å²) in [5, 5.41) is 3.25. The molecule has 4 aliphatic rings. The van der Waals surface area contributed by atoms with Gasteiger partial charge in [-0.25, -0.2) is 53.7 Å². The topological polar surface area (TPSA) is 320 Å². The molecule has 11 aromatic rings. The number of hydrogen-bond acceptors (Lipinski definition) is 25. The van der Waals surface area contributed by atoms with Gasteiger partial charge in [0.1, 0.15) is 46.0 Å². The van der Waals surface area contributed by atoms with Crippen molar-refractivity contribution < 1.29 is 100 Å². The van der Waals surface area contributed by atoms with E-state index in [1.54, 1.807) is 131 Å². The first-order valence-electron chi connectivity index (χ1n) is 40.3. The summed E-state index contributed by atoms with van der Waals surface area (Å²) in [4.78, 5) is 117. The van der Waals surface area contributed by atoms with Crippen LogP contribution in [0, 0.1) is 5.82 Å². The molecule has 0 radical (unpaired) electrons. The highest BCUT2D eigenvalue weighted by molar-refractivity contribution is 5.99. The van der Waals surface area contributed by atoms with E-state index < -0.39 is 93.4 Å². The molecule has 28 nitrogen and oxygen atoms in total. The van der Waals surface area contributed by atoms with Gasteiger partial charge < -0.3 is 72.8 Å². The minimum absolute atomic E-state index is 0.238. The SMILES string of the molecule is CC(C)(C)OC(=O)N1CCN(c2ccc(CC(=O)c3nc(-c4ccccc4)oc3C(F)(F)F)cn2)CC1.CC(C)(C)OC(=O)N1CCN(c2ccc(N)cn2)CC1.O=C(Cc1ccc(N2CCN(C(=O)Oc3ccc(F)cc3)CC2)nc1)c1nc(-c2ccccc2)oc1C(F)(F)F.O=C(Cc1ccc(N2CCNCC2)nc1)c1nc(-c2ccccc2)oc1C(F)(F)F. The number of halogens is 10. The number of amides is 3. The second kappa shape index (κ2) is 40.4. The number of nitrogen functional groups attached to an aromatic ring is 1. The van der Waals surface area contributed by atoms with Crippen molar-refractivity contribution in [3.05, 3.63) is 245 Å². The monoisotopic (exact) mass is 1760 g/mol. The summed E-state index contributed by atoms with van der Waals surface area (Å²) in [5.41, 5.74) is 5.40. The number of hydrogen-bond donors (Lipinski definition) is 2. The highest BCUT2D eigenvalue weighted by atomic mass is 19.4. The number of rotatable bonds is 17. The molecule has 0 atom stereocenters. The van der Waals surface area contributed by atoms with Gasteiger partial charge in [-0.1, -0.05) is 72.8 Å². The predicted molar refractivity (Wildman–Crippen MR) is 448 cm³/mol. The molecule has 4 fully saturated rings. The molecule has 0 spiro atoms. The summed E-state index contributed by atoms with van der Waals surface area (Å²) in [6, 6.07) is 43.3. The Morgan fingerprint density at radius 3 is 0.937 bits per heavy atom. The van der Waals surface area contributed by atoms with Crippen LogP contribution in [0.1, 0.15) is 107 Å². The number of nitrogens with one attached hydrogen (secondary N) is 1. The highest BCUT2D eigenvalue weighted by Crippen LogP contribution is 2.40. The summed E-state index contributed by atoms with van der Waals surface area (Å²) >= 11 is 0. The first-order chi connectivity index (χ1) is 60.3. The van der Waals surface area contributed by atoms with Crippen molar-refractivity contribution >= 4 is 64.6 Å². The summed E-state index contributed by atoms with van der Waals surface area (Å²) in [5.74, 6) is -4.75. The predicted octanol–water partition coefficient (Wildman–Crippen LogP) is 16.2. The Balaban J connectivity index is 0.000000158. The minimum atomic E-state index is -4.89. The van der Waals surface area contributed by atoms with Crippen LogP contribution in [-0.4, -0.2) is 201 Å². The van der Waals surface area contributed by atoms with Crippen LogP contribution >= 0.6 is 0 Å². The van der Waals surface area contributed by atoms with E-state index in [2.05, 4.69) is 50.0 Å². The number of carbonyl (C=O) groups is 6. The van der Waals surface area contributed by atoms with Gasteiger partial charge in [0.05, 0.1) is 11.9 Å². The van der Waals surface area contributed by atoms with E-state index in [9.17, 15) is 72.7 Å². The van der Waals surface area contributed by atoms with Crippen molar-refractivity contribution in [3.8, 4) is 40.1 Å². The zero-order valence-electron chi connectivity index (χ0n) is 69.8. The van der Waals surface area contributed by atoms with Crippen LogP contribution in [0.2, 0.25) is 0 Å². The van der Waals surface area contributed by atoms with E-state index in [0.717, 1.165) is 50.9 Å². The maximum atomic E-state index is 13.6. The van der Waals surface area contributed by atoms with E-state index in [1.165, 1.54) is 59.9 Å². The Kier molecular flexibility index (Phi) is 29.4. The number of alkyl halides is 9.